The van der Waals surface area contributed by atoms with Crippen molar-refractivity contribution in [2.75, 3.05) is 6.61 Å². The summed E-state index contributed by atoms with van der Waals surface area (Å²) in [5, 5.41) is -0.619. The van der Waals surface area contributed by atoms with Gasteiger partial charge >= 0.3 is 0 Å². The molecular weight excluding hydrogens is 212 g/mol. The first-order chi connectivity index (χ1) is 7.07. The van der Waals surface area contributed by atoms with Crippen LogP contribution in [0.5, 0.6) is 5.75 Å². The molecule has 0 N–H and O–H groups in total. The van der Waals surface area contributed by atoms with Crippen molar-refractivity contribution in [1.82, 2.24) is 0 Å². The number of para-hydroxylation sites is 1. The molecule has 0 fully saturated rings. The van der Waals surface area contributed by atoms with E-state index in [9.17, 15) is 4.79 Å². The Hall–Kier alpha value is -1.02. The van der Waals surface area contributed by atoms with Gasteiger partial charge in [-0.05, 0) is 26.3 Å². The highest BCUT2D eigenvalue weighted by atomic mass is 35.5. The van der Waals surface area contributed by atoms with E-state index in [1.54, 1.807) is 0 Å². The van der Waals surface area contributed by atoms with Gasteiger partial charge in [-0.2, -0.15) is 0 Å². The van der Waals surface area contributed by atoms with E-state index >= 15 is 0 Å². The number of carbonyl (C=O) groups excluding carboxylic acids is 1. The number of hydrogen-bond donors (Lipinski definition) is 0. The molecule has 0 heterocycles. The normalized spacial score (nSPS) is 12.3. The summed E-state index contributed by atoms with van der Waals surface area (Å²) in [6, 6.07) is 5.65. The molecule has 0 aliphatic rings. The van der Waals surface area contributed by atoms with Gasteiger partial charge in [0.2, 0.25) is 0 Å². The number of ketones is 1. The SMILES string of the molecule is CCOc1c(C)cccc1C(Cl)C(C)=O. The Bertz CT molecular complexity index is 361. The summed E-state index contributed by atoms with van der Waals surface area (Å²) >= 11 is 6.02. The predicted molar refractivity (Wildman–Crippen MR) is 61.6 cm³/mol. The highest BCUT2D eigenvalue weighted by molar-refractivity contribution is 6.31. The molecule has 0 bridgehead atoms. The zero-order valence-electron chi connectivity index (χ0n) is 9.21. The molecule has 15 heavy (non-hydrogen) atoms. The third-order valence-corrected chi connectivity index (χ3v) is 2.70. The van der Waals surface area contributed by atoms with Crippen molar-refractivity contribution < 1.29 is 9.53 Å². The maximum absolute atomic E-state index is 11.2. The lowest BCUT2D eigenvalue weighted by Crippen LogP contribution is -2.06. The monoisotopic (exact) mass is 226 g/mol. The number of benzene rings is 1. The molecule has 1 aromatic rings. The average Bonchev–Trinajstić information content (AvgIpc) is 2.20. The third kappa shape index (κ3) is 2.72. The molecule has 2 nitrogen and oxygen atoms in total. The van der Waals surface area contributed by atoms with Crippen molar-refractivity contribution in [2.45, 2.75) is 26.1 Å². The number of carbonyl (C=O) groups is 1. The molecule has 1 unspecified atom stereocenters. The number of aryl methyl sites for hydroxylation is 1. The molecule has 1 aromatic carbocycles. The molecule has 0 radical (unpaired) electrons. The second kappa shape index (κ2) is 5.17. The molecule has 3 heteroatoms. The molecule has 0 aliphatic heterocycles. The van der Waals surface area contributed by atoms with Crippen LogP contribution in [0.3, 0.4) is 0 Å². The lowest BCUT2D eigenvalue weighted by Gasteiger charge is -2.15. The van der Waals surface area contributed by atoms with Crippen LogP contribution in [0, 0.1) is 6.92 Å². The second-order valence-corrected chi connectivity index (χ2v) is 3.84. The van der Waals surface area contributed by atoms with Crippen LogP contribution in [0.2, 0.25) is 0 Å². The van der Waals surface area contributed by atoms with E-state index in [-0.39, 0.29) is 5.78 Å². The molecule has 1 atom stereocenters. The van der Waals surface area contributed by atoms with Gasteiger partial charge in [0.1, 0.15) is 11.1 Å². The van der Waals surface area contributed by atoms with Crippen LogP contribution < -0.4 is 4.74 Å². The van der Waals surface area contributed by atoms with Crippen molar-refractivity contribution in [3.63, 3.8) is 0 Å². The molecule has 0 saturated heterocycles. The van der Waals surface area contributed by atoms with Gasteiger partial charge in [-0.3, -0.25) is 4.79 Å². The quantitative estimate of drug-likeness (QED) is 0.737. The third-order valence-electron chi connectivity index (χ3n) is 2.16. The van der Waals surface area contributed by atoms with Gasteiger partial charge in [-0.1, -0.05) is 18.2 Å². The smallest absolute Gasteiger partial charge is 0.152 e. The van der Waals surface area contributed by atoms with Crippen LogP contribution in [-0.2, 0) is 4.79 Å². The molecule has 0 aliphatic carbocycles. The number of ether oxygens (including phenoxy) is 1. The van der Waals surface area contributed by atoms with Gasteiger partial charge in [0.25, 0.3) is 0 Å². The minimum absolute atomic E-state index is 0.0665. The fourth-order valence-electron chi connectivity index (χ4n) is 1.44. The lowest BCUT2D eigenvalue weighted by molar-refractivity contribution is -0.116. The Kier molecular flexibility index (Phi) is 4.15. The van der Waals surface area contributed by atoms with Crippen LogP contribution >= 0.6 is 11.6 Å². The van der Waals surface area contributed by atoms with Crippen LogP contribution in [0.1, 0.15) is 30.4 Å². The van der Waals surface area contributed by atoms with Gasteiger partial charge in [0, 0.05) is 5.56 Å². The van der Waals surface area contributed by atoms with Gasteiger partial charge in [-0.15, -0.1) is 11.6 Å². The molecule has 0 spiro atoms. The van der Waals surface area contributed by atoms with Gasteiger partial charge in [0.15, 0.2) is 5.78 Å². The largest absolute Gasteiger partial charge is 0.493 e. The first-order valence-corrected chi connectivity index (χ1v) is 5.38. The highest BCUT2D eigenvalue weighted by Crippen LogP contribution is 2.32. The van der Waals surface area contributed by atoms with Crippen molar-refractivity contribution in [3.05, 3.63) is 29.3 Å². The van der Waals surface area contributed by atoms with E-state index in [1.807, 2.05) is 32.0 Å². The van der Waals surface area contributed by atoms with E-state index in [2.05, 4.69) is 0 Å². The Morgan fingerprint density at radius 3 is 2.73 bits per heavy atom. The minimum atomic E-state index is -0.619. The van der Waals surface area contributed by atoms with Crippen molar-refractivity contribution in [2.24, 2.45) is 0 Å². The van der Waals surface area contributed by atoms with Crippen LogP contribution in [0.15, 0.2) is 18.2 Å². The first-order valence-electron chi connectivity index (χ1n) is 4.94. The standard InChI is InChI=1S/C12H15ClO2/c1-4-15-12-8(2)6-5-7-10(12)11(13)9(3)14/h5-7,11H,4H2,1-3H3. The maximum Gasteiger partial charge on any atom is 0.152 e. The van der Waals surface area contributed by atoms with Gasteiger partial charge in [0.05, 0.1) is 6.61 Å². The van der Waals surface area contributed by atoms with Crippen molar-refractivity contribution in [1.29, 1.82) is 0 Å². The molecular formula is C12H15ClO2. The fraction of sp³-hybridized carbons (Fsp3) is 0.417. The summed E-state index contributed by atoms with van der Waals surface area (Å²) < 4.78 is 5.50. The molecule has 82 valence electrons. The first kappa shape index (κ1) is 12.1. The summed E-state index contributed by atoms with van der Waals surface area (Å²) in [6.07, 6.45) is 0. The Morgan fingerprint density at radius 2 is 2.20 bits per heavy atom. The van der Waals surface area contributed by atoms with Gasteiger partial charge in [-0.25, -0.2) is 0 Å². The minimum Gasteiger partial charge on any atom is -0.493 e. The van der Waals surface area contributed by atoms with Crippen molar-refractivity contribution >= 4 is 17.4 Å². The number of alkyl halides is 1. The Balaban J connectivity index is 3.15. The fourth-order valence-corrected chi connectivity index (χ4v) is 1.61. The van der Waals surface area contributed by atoms with Crippen LogP contribution in [0.4, 0.5) is 0 Å². The van der Waals surface area contributed by atoms with E-state index in [0.29, 0.717) is 6.61 Å². The Labute approximate surface area is 95.2 Å². The average molecular weight is 227 g/mol. The summed E-state index contributed by atoms with van der Waals surface area (Å²) in [5.74, 6) is 0.665. The van der Waals surface area contributed by atoms with Crippen LogP contribution in [0.25, 0.3) is 0 Å². The molecule has 0 saturated carbocycles. The maximum atomic E-state index is 11.2. The summed E-state index contributed by atoms with van der Waals surface area (Å²) in [6.45, 7) is 5.90. The van der Waals surface area contributed by atoms with Gasteiger partial charge < -0.3 is 4.74 Å². The summed E-state index contributed by atoms with van der Waals surface area (Å²) in [7, 11) is 0. The highest BCUT2D eigenvalue weighted by Gasteiger charge is 2.18. The molecule has 0 amide bonds. The number of rotatable bonds is 4. The number of hydrogen-bond acceptors (Lipinski definition) is 2. The van der Waals surface area contributed by atoms with E-state index in [1.165, 1.54) is 6.92 Å². The van der Waals surface area contributed by atoms with E-state index in [4.69, 9.17) is 16.3 Å². The van der Waals surface area contributed by atoms with Crippen LogP contribution in [-0.4, -0.2) is 12.4 Å². The topological polar surface area (TPSA) is 26.3 Å². The molecule has 1 rings (SSSR count). The molecule has 0 aromatic heterocycles. The van der Waals surface area contributed by atoms with Crippen molar-refractivity contribution in [3.8, 4) is 5.75 Å². The second-order valence-electron chi connectivity index (χ2n) is 3.40. The number of halogens is 1. The predicted octanol–water partition coefficient (Wildman–Crippen LogP) is 3.26. The van der Waals surface area contributed by atoms with E-state index in [0.717, 1.165) is 16.9 Å². The Morgan fingerprint density at radius 1 is 1.53 bits per heavy atom. The van der Waals surface area contributed by atoms with E-state index < -0.39 is 5.38 Å². The summed E-state index contributed by atoms with van der Waals surface area (Å²) in [5.41, 5.74) is 1.76. The summed E-state index contributed by atoms with van der Waals surface area (Å²) in [4.78, 5) is 11.2. The lowest BCUT2D eigenvalue weighted by atomic mass is 10.0. The zero-order valence-corrected chi connectivity index (χ0v) is 9.97. The number of Topliss-reactive ketones (excluding diaryl/α,β-unsaturated/α-hetero) is 1. The zero-order chi connectivity index (χ0) is 11.4.